The average molecular weight is 540 g/mol. The summed E-state index contributed by atoms with van der Waals surface area (Å²) in [5.41, 5.74) is 3.31. The maximum atomic E-state index is 13.4. The number of benzene rings is 2. The second-order valence-corrected chi connectivity index (χ2v) is 9.53. The van der Waals surface area contributed by atoms with Gasteiger partial charge in [0.05, 0.1) is 18.5 Å². The Morgan fingerprint density at radius 1 is 0.947 bits per heavy atom. The van der Waals surface area contributed by atoms with E-state index >= 15 is 0 Å². The number of carbonyl (C=O) groups is 5. The smallest absolute Gasteiger partial charge is 0.434 e. The van der Waals surface area contributed by atoms with E-state index < -0.39 is 17.6 Å². The molecule has 1 atom stereocenters. The third-order valence-corrected chi connectivity index (χ3v) is 6.76. The Bertz CT molecular complexity index is 1330. The minimum Gasteiger partial charge on any atom is -0.434 e. The van der Waals surface area contributed by atoms with E-state index in [2.05, 4.69) is 5.32 Å². The highest BCUT2D eigenvalue weighted by Gasteiger charge is 2.32. The summed E-state index contributed by atoms with van der Waals surface area (Å²) in [7, 11) is 0. The van der Waals surface area contributed by atoms with E-state index in [1.54, 1.807) is 32.1 Å². The Hall–Kier alpha value is -4.12. The topological polar surface area (TPSA) is 134 Å². The first-order valence-corrected chi connectivity index (χ1v) is 12.9. The largest absolute Gasteiger partial charge is 0.513 e. The number of fused-ring (bicyclic) bond motifs is 1. The zero-order valence-corrected chi connectivity index (χ0v) is 21.6. The molecule has 198 valence electrons. The third kappa shape index (κ3) is 6.41. The quantitative estimate of drug-likeness (QED) is 0.295. The van der Waals surface area contributed by atoms with E-state index in [0.29, 0.717) is 36.0 Å². The molecule has 0 spiro atoms. The molecule has 0 aromatic heterocycles. The molecule has 2 aromatic carbocycles. The van der Waals surface area contributed by atoms with Crippen LogP contribution in [-0.4, -0.2) is 47.7 Å². The summed E-state index contributed by atoms with van der Waals surface area (Å²) in [6.45, 7) is 3.44. The van der Waals surface area contributed by atoms with Crippen LogP contribution in [0.2, 0.25) is 0 Å². The van der Waals surface area contributed by atoms with E-state index in [1.807, 2.05) is 12.1 Å². The lowest BCUT2D eigenvalue weighted by Crippen LogP contribution is -2.25. The maximum absolute atomic E-state index is 13.4. The summed E-state index contributed by atoms with van der Waals surface area (Å²) in [5.74, 6) is -0.608. The Labute approximate surface area is 222 Å². The van der Waals surface area contributed by atoms with Crippen molar-refractivity contribution in [3.05, 3.63) is 64.2 Å². The number of nitrogens with one attached hydrogen (secondary N) is 1. The Morgan fingerprint density at radius 2 is 1.66 bits per heavy atom. The number of ketones is 1. The standard InChI is InChI=1S/C27H25NO9S/c1-3-34-26(32)36-20-10-6-15(13-21(20)37-27(33)35-4-2)11-18-9-8-17-7-5-16(12-19(17)23(18)29)14-22-24(30)28-25(31)38-22/h5-7,10-13,22H,3-4,8-9,14H2,1-2H3,(H,28,30,31). The molecule has 4 rings (SSSR count). The number of imide groups is 1. The minimum atomic E-state index is -0.975. The van der Waals surface area contributed by atoms with Gasteiger partial charge < -0.3 is 18.9 Å². The molecule has 0 radical (unpaired) electrons. The van der Waals surface area contributed by atoms with E-state index in [-0.39, 0.29) is 41.6 Å². The average Bonchev–Trinajstić information content (AvgIpc) is 3.19. The summed E-state index contributed by atoms with van der Waals surface area (Å²) < 4.78 is 19.9. The molecule has 11 heteroatoms. The van der Waals surface area contributed by atoms with Crippen molar-refractivity contribution in [3.63, 3.8) is 0 Å². The van der Waals surface area contributed by atoms with Crippen LogP contribution in [0.15, 0.2) is 42.0 Å². The monoisotopic (exact) mass is 539 g/mol. The van der Waals surface area contributed by atoms with Gasteiger partial charge in [0.25, 0.3) is 5.24 Å². The highest BCUT2D eigenvalue weighted by molar-refractivity contribution is 8.15. The second kappa shape index (κ2) is 12.0. The molecular weight excluding hydrogens is 514 g/mol. The number of hydrogen-bond acceptors (Lipinski definition) is 10. The Morgan fingerprint density at radius 3 is 2.32 bits per heavy atom. The van der Waals surface area contributed by atoms with Gasteiger partial charge in [-0.3, -0.25) is 19.7 Å². The second-order valence-electron chi connectivity index (χ2n) is 8.35. The third-order valence-electron chi connectivity index (χ3n) is 5.78. The van der Waals surface area contributed by atoms with E-state index in [0.717, 1.165) is 22.9 Å². The fourth-order valence-electron chi connectivity index (χ4n) is 4.07. The van der Waals surface area contributed by atoms with Crippen molar-refractivity contribution >= 4 is 47.1 Å². The summed E-state index contributed by atoms with van der Waals surface area (Å²) in [6, 6.07) is 10.0. The number of allylic oxidation sites excluding steroid dienone is 1. The summed E-state index contributed by atoms with van der Waals surface area (Å²) >= 11 is 0.945. The van der Waals surface area contributed by atoms with Crippen LogP contribution in [0.5, 0.6) is 11.5 Å². The molecule has 0 saturated carbocycles. The van der Waals surface area contributed by atoms with Crippen LogP contribution < -0.4 is 14.8 Å². The van der Waals surface area contributed by atoms with Gasteiger partial charge in [0, 0.05) is 11.1 Å². The summed E-state index contributed by atoms with van der Waals surface area (Å²) in [5, 5.41) is 1.38. The van der Waals surface area contributed by atoms with Crippen molar-refractivity contribution < 1.29 is 42.9 Å². The van der Waals surface area contributed by atoms with Crippen LogP contribution in [-0.2, 0) is 27.1 Å². The van der Waals surface area contributed by atoms with Crippen molar-refractivity contribution in [2.24, 2.45) is 0 Å². The molecule has 1 aliphatic carbocycles. The first-order valence-electron chi connectivity index (χ1n) is 12.0. The fraction of sp³-hybridized carbons (Fsp3) is 0.296. The number of aryl methyl sites for hydroxylation is 1. The number of hydrogen-bond donors (Lipinski definition) is 1. The van der Waals surface area contributed by atoms with Crippen LogP contribution in [0.25, 0.3) is 6.08 Å². The predicted octanol–water partition coefficient (Wildman–Crippen LogP) is 4.86. The number of Topliss-reactive ketones (excluding diaryl/α,β-unsaturated/α-hetero) is 1. The van der Waals surface area contributed by atoms with E-state index in [4.69, 9.17) is 18.9 Å². The molecule has 1 saturated heterocycles. The lowest BCUT2D eigenvalue weighted by Gasteiger charge is -2.19. The van der Waals surface area contributed by atoms with Gasteiger partial charge >= 0.3 is 12.3 Å². The highest BCUT2D eigenvalue weighted by Crippen LogP contribution is 2.33. The molecule has 2 aliphatic rings. The molecule has 1 unspecified atom stereocenters. The number of carbonyl (C=O) groups excluding carboxylic acids is 5. The van der Waals surface area contributed by atoms with Crippen LogP contribution in [0.4, 0.5) is 14.4 Å². The highest BCUT2D eigenvalue weighted by atomic mass is 32.2. The normalized spacial score (nSPS) is 17.6. The lowest BCUT2D eigenvalue weighted by molar-refractivity contribution is -0.118. The predicted molar refractivity (Wildman–Crippen MR) is 137 cm³/mol. The zero-order chi connectivity index (χ0) is 27.2. The van der Waals surface area contributed by atoms with Gasteiger partial charge in [0.1, 0.15) is 0 Å². The first-order chi connectivity index (χ1) is 18.3. The first kappa shape index (κ1) is 26.9. The lowest BCUT2D eigenvalue weighted by atomic mass is 9.84. The molecule has 1 aliphatic heterocycles. The van der Waals surface area contributed by atoms with Gasteiger partial charge in [-0.15, -0.1) is 0 Å². The fourth-order valence-corrected chi connectivity index (χ4v) is 4.93. The van der Waals surface area contributed by atoms with Crippen molar-refractivity contribution in [1.29, 1.82) is 0 Å². The maximum Gasteiger partial charge on any atom is 0.513 e. The minimum absolute atomic E-state index is 0.0455. The van der Waals surface area contributed by atoms with Crippen LogP contribution in [0.3, 0.4) is 0 Å². The van der Waals surface area contributed by atoms with E-state index in [9.17, 15) is 24.0 Å². The molecule has 38 heavy (non-hydrogen) atoms. The molecular formula is C27H25NO9S. The van der Waals surface area contributed by atoms with Gasteiger partial charge in [-0.2, -0.15) is 0 Å². The van der Waals surface area contributed by atoms with Gasteiger partial charge in [-0.1, -0.05) is 30.0 Å². The summed E-state index contributed by atoms with van der Waals surface area (Å²) in [4.78, 5) is 60.5. The number of amides is 2. The molecule has 0 bridgehead atoms. The molecule has 1 heterocycles. The number of thioether (sulfide) groups is 1. The summed E-state index contributed by atoms with van der Waals surface area (Å²) in [6.07, 6.45) is 1.22. The zero-order valence-electron chi connectivity index (χ0n) is 20.7. The SMILES string of the molecule is CCOC(=O)Oc1ccc(C=C2CCc3ccc(CC4SC(=O)NC4=O)cc3C2=O)cc1OC(=O)OCC. The van der Waals surface area contributed by atoms with Crippen molar-refractivity contribution in [2.45, 2.75) is 38.4 Å². The number of ether oxygens (including phenoxy) is 4. The molecule has 1 N–H and O–H groups in total. The van der Waals surface area contributed by atoms with Gasteiger partial charge in [-0.05, 0) is 74.1 Å². The Kier molecular flexibility index (Phi) is 8.47. The van der Waals surface area contributed by atoms with Gasteiger partial charge in [0.15, 0.2) is 17.3 Å². The van der Waals surface area contributed by atoms with E-state index in [1.165, 1.54) is 12.1 Å². The van der Waals surface area contributed by atoms with Crippen molar-refractivity contribution in [1.82, 2.24) is 5.32 Å². The molecule has 2 amide bonds. The Balaban J connectivity index is 1.58. The van der Waals surface area contributed by atoms with Crippen molar-refractivity contribution in [2.75, 3.05) is 13.2 Å². The van der Waals surface area contributed by atoms with Crippen LogP contribution >= 0.6 is 11.8 Å². The van der Waals surface area contributed by atoms with Crippen LogP contribution in [0.1, 0.15) is 47.3 Å². The molecule has 1 fully saturated rings. The van der Waals surface area contributed by atoms with Crippen molar-refractivity contribution in [3.8, 4) is 11.5 Å². The van der Waals surface area contributed by atoms with Gasteiger partial charge in [0.2, 0.25) is 5.91 Å². The van der Waals surface area contributed by atoms with Gasteiger partial charge in [-0.25, -0.2) is 9.59 Å². The molecule has 2 aromatic rings. The molecule has 10 nitrogen and oxygen atoms in total. The van der Waals surface area contributed by atoms with Crippen LogP contribution in [0, 0.1) is 0 Å². The number of rotatable bonds is 7.